The molecular formula is C11H8F5NO3. The van der Waals surface area contributed by atoms with E-state index in [0.717, 1.165) is 5.94 Å². The number of carbonyl (C=O) groups excluding carboxylic acids is 1. The molecule has 110 valence electrons. The number of rotatable bonds is 3. The van der Waals surface area contributed by atoms with Crippen molar-refractivity contribution in [1.29, 1.82) is 0 Å². The van der Waals surface area contributed by atoms with Gasteiger partial charge in [-0.05, 0) is 6.42 Å². The molecule has 0 fully saturated rings. The van der Waals surface area contributed by atoms with Gasteiger partial charge in [0, 0.05) is 5.92 Å². The second kappa shape index (κ2) is 5.54. The molecule has 0 radical (unpaired) electrons. The highest BCUT2D eigenvalue weighted by atomic mass is 19.4. The largest absolute Gasteiger partial charge is 0.478 e. The van der Waals surface area contributed by atoms with Gasteiger partial charge in [0.15, 0.2) is 5.70 Å². The fourth-order valence-electron chi connectivity index (χ4n) is 1.89. The van der Waals surface area contributed by atoms with Crippen LogP contribution in [0.5, 0.6) is 0 Å². The monoisotopic (exact) mass is 297 g/mol. The molecule has 0 spiro atoms. The fourth-order valence-corrected chi connectivity index (χ4v) is 1.89. The highest BCUT2D eigenvalue weighted by molar-refractivity contribution is 6.12. The van der Waals surface area contributed by atoms with Gasteiger partial charge in [0.25, 0.3) is 6.43 Å². The quantitative estimate of drug-likeness (QED) is 0.642. The van der Waals surface area contributed by atoms with Crippen LogP contribution >= 0.6 is 0 Å². The summed E-state index contributed by atoms with van der Waals surface area (Å²) in [6.45, 7) is 1.27. The summed E-state index contributed by atoms with van der Waals surface area (Å²) in [7, 11) is 0. The predicted octanol–water partition coefficient (Wildman–Crippen LogP) is 2.39. The van der Waals surface area contributed by atoms with E-state index in [9.17, 15) is 31.5 Å². The van der Waals surface area contributed by atoms with Gasteiger partial charge in [0.05, 0.1) is 11.1 Å². The van der Waals surface area contributed by atoms with Gasteiger partial charge in [-0.25, -0.2) is 23.4 Å². The smallest absolute Gasteiger partial charge is 0.433 e. The standard InChI is InChI=1S/C11H8F5NO3/c1-2-4-5(3-18)7(9(12)13)17-8(11(14,15)16)6(4)10(19)20/h4,9H,2H2,1H3,(H,19,20). The Morgan fingerprint density at radius 1 is 1.45 bits per heavy atom. The molecule has 1 unspecified atom stereocenters. The van der Waals surface area contributed by atoms with Crippen molar-refractivity contribution in [1.82, 2.24) is 0 Å². The summed E-state index contributed by atoms with van der Waals surface area (Å²) in [5.41, 5.74) is -5.37. The summed E-state index contributed by atoms with van der Waals surface area (Å²) in [4.78, 5) is 24.3. The van der Waals surface area contributed by atoms with Gasteiger partial charge in [-0.3, -0.25) is 0 Å². The summed E-state index contributed by atoms with van der Waals surface area (Å²) in [5, 5.41) is 8.85. The second-order valence-corrected chi connectivity index (χ2v) is 3.84. The molecule has 1 heterocycles. The van der Waals surface area contributed by atoms with Crippen molar-refractivity contribution in [2.75, 3.05) is 0 Å². The molecule has 0 amide bonds. The lowest BCUT2D eigenvalue weighted by Gasteiger charge is -2.25. The van der Waals surface area contributed by atoms with Crippen LogP contribution in [0, 0.1) is 5.92 Å². The summed E-state index contributed by atoms with van der Waals surface area (Å²) in [6.07, 6.45) is -8.93. The van der Waals surface area contributed by atoms with Crippen LogP contribution in [0.3, 0.4) is 0 Å². The van der Waals surface area contributed by atoms with E-state index < -0.39 is 47.0 Å². The van der Waals surface area contributed by atoms with E-state index in [2.05, 4.69) is 4.99 Å². The van der Waals surface area contributed by atoms with Crippen LogP contribution in [0.2, 0.25) is 0 Å². The van der Waals surface area contributed by atoms with Crippen LogP contribution in [-0.2, 0) is 9.59 Å². The van der Waals surface area contributed by atoms with Crippen LogP contribution in [0.1, 0.15) is 13.3 Å². The lowest BCUT2D eigenvalue weighted by atomic mass is 9.83. The average molecular weight is 297 g/mol. The lowest BCUT2D eigenvalue weighted by molar-refractivity contribution is -0.135. The van der Waals surface area contributed by atoms with E-state index in [1.165, 1.54) is 6.92 Å². The average Bonchev–Trinajstić information content (AvgIpc) is 2.34. The van der Waals surface area contributed by atoms with Crippen molar-refractivity contribution >= 4 is 17.6 Å². The minimum Gasteiger partial charge on any atom is -0.478 e. The summed E-state index contributed by atoms with van der Waals surface area (Å²) in [5.74, 6) is -2.50. The van der Waals surface area contributed by atoms with Crippen molar-refractivity contribution in [3.8, 4) is 0 Å². The maximum Gasteiger partial charge on any atom is 0.433 e. The maximum atomic E-state index is 12.7. The third kappa shape index (κ3) is 2.77. The molecule has 1 atom stereocenters. The van der Waals surface area contributed by atoms with E-state index in [4.69, 9.17) is 5.11 Å². The number of hydrogen-bond acceptors (Lipinski definition) is 3. The van der Waals surface area contributed by atoms with Gasteiger partial charge in [0.2, 0.25) is 0 Å². The van der Waals surface area contributed by atoms with Gasteiger partial charge in [-0.15, -0.1) is 0 Å². The van der Waals surface area contributed by atoms with E-state index >= 15 is 0 Å². The van der Waals surface area contributed by atoms with Crippen molar-refractivity contribution < 1.29 is 36.6 Å². The van der Waals surface area contributed by atoms with Crippen molar-refractivity contribution in [2.24, 2.45) is 10.9 Å². The highest BCUT2D eigenvalue weighted by Crippen LogP contribution is 2.40. The molecule has 0 aliphatic carbocycles. The molecule has 0 aromatic carbocycles. The Balaban J connectivity index is 3.70. The minimum atomic E-state index is -5.21. The van der Waals surface area contributed by atoms with Crippen molar-refractivity contribution in [3.63, 3.8) is 0 Å². The third-order valence-corrected chi connectivity index (χ3v) is 2.68. The Morgan fingerprint density at radius 3 is 2.30 bits per heavy atom. The molecule has 1 aliphatic rings. The predicted molar refractivity (Wildman–Crippen MR) is 57.1 cm³/mol. The lowest BCUT2D eigenvalue weighted by Crippen LogP contribution is -2.32. The number of halogens is 5. The number of allylic oxidation sites excluding steroid dienone is 2. The Bertz CT molecular complexity index is 541. The van der Waals surface area contributed by atoms with Gasteiger partial charge < -0.3 is 5.11 Å². The summed E-state index contributed by atoms with van der Waals surface area (Å²) >= 11 is 0. The van der Waals surface area contributed by atoms with E-state index in [1.807, 2.05) is 0 Å². The first kappa shape index (κ1) is 16.0. The second-order valence-electron chi connectivity index (χ2n) is 3.84. The first-order valence-corrected chi connectivity index (χ1v) is 5.31. The maximum absolute atomic E-state index is 12.7. The van der Waals surface area contributed by atoms with Gasteiger partial charge in [-0.1, -0.05) is 6.92 Å². The molecule has 1 rings (SSSR count). The zero-order valence-electron chi connectivity index (χ0n) is 9.96. The molecule has 0 saturated heterocycles. The number of carboxylic acids is 1. The van der Waals surface area contributed by atoms with Crippen LogP contribution < -0.4 is 0 Å². The fraction of sp³-hybridized carbons (Fsp3) is 0.455. The minimum absolute atomic E-state index is 0.280. The van der Waals surface area contributed by atoms with E-state index in [1.54, 1.807) is 0 Å². The molecule has 9 heteroatoms. The molecule has 0 bridgehead atoms. The first-order chi connectivity index (χ1) is 9.15. The number of aliphatic imine (C=N–C) groups is 1. The molecule has 1 N–H and O–H groups in total. The Kier molecular flexibility index (Phi) is 4.44. The van der Waals surface area contributed by atoms with Gasteiger partial charge in [0.1, 0.15) is 11.7 Å². The van der Waals surface area contributed by atoms with E-state index in [-0.39, 0.29) is 6.42 Å². The SMILES string of the molecule is CCC1C(=C=O)C(C(F)F)=NC(C(F)(F)F)=C1C(=O)O. The van der Waals surface area contributed by atoms with Crippen LogP contribution in [-0.4, -0.2) is 35.3 Å². The summed E-state index contributed by atoms with van der Waals surface area (Å²) < 4.78 is 63.6. The van der Waals surface area contributed by atoms with Crippen molar-refractivity contribution in [2.45, 2.75) is 25.9 Å². The zero-order valence-corrected chi connectivity index (χ0v) is 9.96. The molecular weight excluding hydrogens is 289 g/mol. The topological polar surface area (TPSA) is 66.7 Å². The highest BCUT2D eigenvalue weighted by Gasteiger charge is 2.46. The Morgan fingerprint density at radius 2 is 2.00 bits per heavy atom. The Hall–Kier alpha value is -2.02. The van der Waals surface area contributed by atoms with Crippen LogP contribution in [0.4, 0.5) is 22.0 Å². The number of hydrogen-bond donors (Lipinski definition) is 1. The number of carbonyl (C=O) groups is 1. The third-order valence-electron chi connectivity index (χ3n) is 2.68. The molecule has 4 nitrogen and oxygen atoms in total. The summed E-state index contributed by atoms with van der Waals surface area (Å²) in [6, 6.07) is 0. The number of nitrogens with zero attached hydrogens (tertiary/aromatic N) is 1. The van der Waals surface area contributed by atoms with Crippen LogP contribution in [0.25, 0.3) is 0 Å². The number of alkyl halides is 5. The van der Waals surface area contributed by atoms with Crippen molar-refractivity contribution in [3.05, 3.63) is 16.8 Å². The van der Waals surface area contributed by atoms with E-state index in [0.29, 0.717) is 0 Å². The zero-order chi connectivity index (χ0) is 15.7. The molecule has 0 aromatic heterocycles. The molecule has 1 aliphatic heterocycles. The Labute approximate surface area is 109 Å². The van der Waals surface area contributed by atoms with Crippen LogP contribution in [0.15, 0.2) is 21.8 Å². The van der Waals surface area contributed by atoms with Gasteiger partial charge in [-0.2, -0.15) is 13.2 Å². The number of aliphatic carboxylic acids is 1. The number of carboxylic acid groups (broad SMARTS) is 1. The molecule has 0 saturated carbocycles. The molecule has 0 aromatic rings. The normalized spacial score (nSPS) is 20.1. The van der Waals surface area contributed by atoms with Gasteiger partial charge >= 0.3 is 12.1 Å². The molecule has 20 heavy (non-hydrogen) atoms. The first-order valence-electron chi connectivity index (χ1n) is 5.31.